The summed E-state index contributed by atoms with van der Waals surface area (Å²) in [6, 6.07) is 10.1. The second-order valence-electron chi connectivity index (χ2n) is 6.70. The molecule has 1 N–H and O–H groups in total. The Morgan fingerprint density at radius 1 is 1.20 bits per heavy atom. The maximum atomic E-state index is 12.8. The van der Waals surface area contributed by atoms with Gasteiger partial charge >= 0.3 is 0 Å². The van der Waals surface area contributed by atoms with Gasteiger partial charge in [0.15, 0.2) is 0 Å². The summed E-state index contributed by atoms with van der Waals surface area (Å²) in [6.07, 6.45) is 3.42. The van der Waals surface area contributed by atoms with Crippen molar-refractivity contribution in [1.82, 2.24) is 14.9 Å². The largest absolute Gasteiger partial charge is 0.378 e. The molecule has 1 fully saturated rings. The molecule has 1 saturated heterocycles. The summed E-state index contributed by atoms with van der Waals surface area (Å²) in [7, 11) is 3.96. The van der Waals surface area contributed by atoms with Crippen molar-refractivity contribution in [3.8, 4) is 0 Å². The van der Waals surface area contributed by atoms with E-state index in [2.05, 4.69) is 15.3 Å². The topological polar surface area (TPSA) is 61.4 Å². The van der Waals surface area contributed by atoms with Crippen LogP contribution in [-0.4, -0.2) is 54.0 Å². The Balaban J connectivity index is 1.58. The first-order valence-electron chi connectivity index (χ1n) is 8.65. The van der Waals surface area contributed by atoms with Crippen LogP contribution in [0.2, 0.25) is 0 Å². The van der Waals surface area contributed by atoms with E-state index in [0.717, 1.165) is 48.7 Å². The number of amides is 1. The van der Waals surface area contributed by atoms with Crippen LogP contribution < -0.4 is 10.2 Å². The minimum Gasteiger partial charge on any atom is -0.378 e. The van der Waals surface area contributed by atoms with Gasteiger partial charge in [-0.2, -0.15) is 0 Å². The zero-order valence-corrected chi connectivity index (χ0v) is 15.1. The number of rotatable bonds is 4. The molecule has 2 heterocycles. The van der Waals surface area contributed by atoms with Gasteiger partial charge < -0.3 is 15.1 Å². The van der Waals surface area contributed by atoms with Crippen molar-refractivity contribution in [2.45, 2.75) is 25.8 Å². The predicted molar refractivity (Wildman–Crippen MR) is 100 cm³/mol. The highest BCUT2D eigenvalue weighted by atomic mass is 16.2. The average molecular weight is 339 g/mol. The first kappa shape index (κ1) is 17.2. The number of anilines is 2. The van der Waals surface area contributed by atoms with Crippen molar-refractivity contribution >= 4 is 17.4 Å². The van der Waals surface area contributed by atoms with E-state index in [4.69, 9.17) is 0 Å². The van der Waals surface area contributed by atoms with Crippen LogP contribution in [0.4, 0.5) is 11.5 Å². The van der Waals surface area contributed by atoms with Gasteiger partial charge in [0.05, 0.1) is 0 Å². The fourth-order valence-electron chi connectivity index (χ4n) is 3.07. The van der Waals surface area contributed by atoms with Gasteiger partial charge in [-0.1, -0.05) is 6.07 Å². The number of hydrogen-bond donors (Lipinski definition) is 1. The predicted octanol–water partition coefficient (Wildman–Crippen LogP) is 2.57. The van der Waals surface area contributed by atoms with E-state index < -0.39 is 0 Å². The SMILES string of the molecule is Cc1cc(NC2CCN(C(=O)c3cccc(N(C)C)c3)CC2)ncn1. The van der Waals surface area contributed by atoms with E-state index >= 15 is 0 Å². The zero-order chi connectivity index (χ0) is 17.8. The first-order valence-corrected chi connectivity index (χ1v) is 8.65. The Hall–Kier alpha value is -2.63. The quantitative estimate of drug-likeness (QED) is 0.928. The summed E-state index contributed by atoms with van der Waals surface area (Å²) in [5, 5.41) is 3.45. The monoisotopic (exact) mass is 339 g/mol. The van der Waals surface area contributed by atoms with Crippen LogP contribution in [0.5, 0.6) is 0 Å². The lowest BCUT2D eigenvalue weighted by Gasteiger charge is -2.32. The molecule has 1 aromatic carbocycles. The van der Waals surface area contributed by atoms with Crippen LogP contribution in [0, 0.1) is 6.92 Å². The maximum Gasteiger partial charge on any atom is 0.253 e. The fourth-order valence-corrected chi connectivity index (χ4v) is 3.07. The fraction of sp³-hybridized carbons (Fsp3) is 0.421. The number of likely N-dealkylation sites (tertiary alicyclic amines) is 1. The van der Waals surface area contributed by atoms with Gasteiger partial charge in [0.25, 0.3) is 5.91 Å². The van der Waals surface area contributed by atoms with Crippen LogP contribution in [0.1, 0.15) is 28.9 Å². The van der Waals surface area contributed by atoms with Gasteiger partial charge in [-0.3, -0.25) is 4.79 Å². The van der Waals surface area contributed by atoms with Crippen LogP contribution in [0.25, 0.3) is 0 Å². The third-order valence-electron chi connectivity index (χ3n) is 4.55. The Morgan fingerprint density at radius 2 is 1.96 bits per heavy atom. The summed E-state index contributed by atoms with van der Waals surface area (Å²) in [5.41, 5.74) is 2.75. The molecule has 0 spiro atoms. The lowest BCUT2D eigenvalue weighted by molar-refractivity contribution is 0.0718. The smallest absolute Gasteiger partial charge is 0.253 e. The zero-order valence-electron chi connectivity index (χ0n) is 15.1. The average Bonchev–Trinajstić information content (AvgIpc) is 2.62. The van der Waals surface area contributed by atoms with Crippen molar-refractivity contribution in [3.63, 3.8) is 0 Å². The van der Waals surface area contributed by atoms with Gasteiger partial charge in [0.2, 0.25) is 0 Å². The molecule has 0 atom stereocenters. The first-order chi connectivity index (χ1) is 12.0. The highest BCUT2D eigenvalue weighted by Gasteiger charge is 2.24. The number of carbonyl (C=O) groups excluding carboxylic acids is 1. The number of benzene rings is 1. The Morgan fingerprint density at radius 3 is 2.64 bits per heavy atom. The molecule has 132 valence electrons. The number of nitrogens with one attached hydrogen (secondary N) is 1. The molecule has 1 aliphatic heterocycles. The summed E-state index contributed by atoms with van der Waals surface area (Å²) in [4.78, 5) is 25.1. The summed E-state index contributed by atoms with van der Waals surface area (Å²) < 4.78 is 0. The Bertz CT molecular complexity index is 738. The van der Waals surface area contributed by atoms with Crippen molar-refractivity contribution in [2.75, 3.05) is 37.4 Å². The second kappa shape index (κ2) is 7.51. The number of hydrogen-bond acceptors (Lipinski definition) is 5. The van der Waals surface area contributed by atoms with E-state index in [-0.39, 0.29) is 5.91 Å². The van der Waals surface area contributed by atoms with Gasteiger partial charge in [-0.05, 0) is 38.0 Å². The minimum absolute atomic E-state index is 0.111. The van der Waals surface area contributed by atoms with Gasteiger partial charge in [-0.15, -0.1) is 0 Å². The van der Waals surface area contributed by atoms with Crippen molar-refractivity contribution in [3.05, 3.63) is 47.9 Å². The summed E-state index contributed by atoms with van der Waals surface area (Å²) in [6.45, 7) is 3.47. The highest BCUT2D eigenvalue weighted by molar-refractivity contribution is 5.95. The number of nitrogens with zero attached hydrogens (tertiary/aromatic N) is 4. The molecule has 0 saturated carbocycles. The molecule has 1 aliphatic rings. The van der Waals surface area contributed by atoms with Gasteiger partial charge in [-0.25, -0.2) is 9.97 Å². The number of aromatic nitrogens is 2. The second-order valence-corrected chi connectivity index (χ2v) is 6.70. The third-order valence-corrected chi connectivity index (χ3v) is 4.55. The standard InChI is InChI=1S/C19H25N5O/c1-14-11-18(21-13-20-14)22-16-7-9-24(10-8-16)19(25)15-5-4-6-17(12-15)23(2)3/h4-6,11-13,16H,7-10H2,1-3H3,(H,20,21,22). The molecule has 0 aliphatic carbocycles. The molecular weight excluding hydrogens is 314 g/mol. The molecule has 2 aromatic rings. The summed E-state index contributed by atoms with van der Waals surface area (Å²) >= 11 is 0. The number of piperidine rings is 1. The van der Waals surface area contributed by atoms with E-state index in [1.807, 2.05) is 61.2 Å². The molecule has 0 radical (unpaired) electrons. The van der Waals surface area contributed by atoms with E-state index in [9.17, 15) is 4.79 Å². The maximum absolute atomic E-state index is 12.8. The third kappa shape index (κ3) is 4.26. The number of carbonyl (C=O) groups is 1. The van der Waals surface area contributed by atoms with E-state index in [0.29, 0.717) is 6.04 Å². The van der Waals surface area contributed by atoms with Gasteiger partial charge in [0, 0.05) is 56.2 Å². The molecule has 0 bridgehead atoms. The van der Waals surface area contributed by atoms with Gasteiger partial charge in [0.1, 0.15) is 12.1 Å². The lowest BCUT2D eigenvalue weighted by Crippen LogP contribution is -2.42. The molecular formula is C19H25N5O. The van der Waals surface area contributed by atoms with Crippen LogP contribution >= 0.6 is 0 Å². The molecule has 6 heteroatoms. The minimum atomic E-state index is 0.111. The van der Waals surface area contributed by atoms with Crippen LogP contribution in [-0.2, 0) is 0 Å². The highest BCUT2D eigenvalue weighted by Crippen LogP contribution is 2.19. The summed E-state index contributed by atoms with van der Waals surface area (Å²) in [5.74, 6) is 0.969. The van der Waals surface area contributed by atoms with Crippen LogP contribution in [0.3, 0.4) is 0 Å². The molecule has 3 rings (SSSR count). The number of aryl methyl sites for hydroxylation is 1. The normalized spacial score (nSPS) is 15.1. The Kier molecular flexibility index (Phi) is 5.16. The lowest BCUT2D eigenvalue weighted by atomic mass is 10.0. The molecule has 25 heavy (non-hydrogen) atoms. The Labute approximate surface area is 148 Å². The molecule has 1 amide bonds. The van der Waals surface area contributed by atoms with Crippen molar-refractivity contribution < 1.29 is 4.79 Å². The molecule has 1 aromatic heterocycles. The van der Waals surface area contributed by atoms with E-state index in [1.54, 1.807) is 6.33 Å². The van der Waals surface area contributed by atoms with Crippen molar-refractivity contribution in [2.24, 2.45) is 0 Å². The molecule has 6 nitrogen and oxygen atoms in total. The van der Waals surface area contributed by atoms with Crippen LogP contribution in [0.15, 0.2) is 36.7 Å². The van der Waals surface area contributed by atoms with E-state index in [1.165, 1.54) is 0 Å². The van der Waals surface area contributed by atoms with Crippen molar-refractivity contribution in [1.29, 1.82) is 0 Å². The molecule has 0 unspecified atom stereocenters.